The first-order chi connectivity index (χ1) is 11.1. The average Bonchev–Trinajstić information content (AvgIpc) is 2.58. The molecule has 0 bridgehead atoms. The van der Waals surface area contributed by atoms with E-state index in [1.807, 2.05) is 18.2 Å². The highest BCUT2D eigenvalue weighted by atomic mass is 32.2. The van der Waals surface area contributed by atoms with Gasteiger partial charge < -0.3 is 14.7 Å². The van der Waals surface area contributed by atoms with E-state index in [4.69, 9.17) is 0 Å². The molecule has 3 rings (SSSR count). The van der Waals surface area contributed by atoms with Crippen molar-refractivity contribution in [3.05, 3.63) is 24.4 Å². The van der Waals surface area contributed by atoms with Crippen molar-refractivity contribution in [2.75, 3.05) is 39.0 Å². The molecule has 0 unspecified atom stereocenters. The number of aromatic nitrogens is 1. The third-order valence-electron chi connectivity index (χ3n) is 4.07. The van der Waals surface area contributed by atoms with E-state index in [0.717, 1.165) is 5.03 Å². The van der Waals surface area contributed by atoms with E-state index in [9.17, 15) is 14.4 Å². The van der Waals surface area contributed by atoms with Gasteiger partial charge >= 0.3 is 0 Å². The Labute approximate surface area is 138 Å². The highest BCUT2D eigenvalue weighted by Gasteiger charge is 2.42. The molecule has 2 fully saturated rings. The molecule has 3 heterocycles. The zero-order chi connectivity index (χ0) is 16.4. The molecule has 2 aliphatic rings. The molecule has 0 N–H and O–H groups in total. The van der Waals surface area contributed by atoms with Gasteiger partial charge in [0, 0.05) is 26.3 Å². The lowest BCUT2D eigenvalue weighted by atomic mass is 10.1. The molecule has 0 saturated carbocycles. The number of rotatable bonds is 3. The summed E-state index contributed by atoms with van der Waals surface area (Å²) in [6, 6.07) is 5.01. The van der Waals surface area contributed by atoms with E-state index >= 15 is 0 Å². The monoisotopic (exact) mass is 334 g/mol. The fourth-order valence-corrected chi connectivity index (χ4v) is 3.57. The second-order valence-corrected chi connectivity index (χ2v) is 6.59. The molecule has 2 saturated heterocycles. The highest BCUT2D eigenvalue weighted by Crippen LogP contribution is 2.19. The van der Waals surface area contributed by atoms with Crippen molar-refractivity contribution in [2.45, 2.75) is 11.1 Å². The molecule has 1 atom stereocenters. The summed E-state index contributed by atoms with van der Waals surface area (Å²) in [6.07, 6.45) is 1.69. The van der Waals surface area contributed by atoms with Crippen LogP contribution in [0.3, 0.4) is 0 Å². The zero-order valence-corrected chi connectivity index (χ0v) is 13.7. The fraction of sp³-hybridized carbons (Fsp3) is 0.467. The first kappa shape index (κ1) is 15.8. The van der Waals surface area contributed by atoms with Gasteiger partial charge in [0.15, 0.2) is 0 Å². The Bertz CT molecular complexity index is 624. The van der Waals surface area contributed by atoms with E-state index in [0.29, 0.717) is 13.1 Å². The maximum Gasteiger partial charge on any atom is 0.247 e. The zero-order valence-electron chi connectivity index (χ0n) is 12.8. The van der Waals surface area contributed by atoms with Crippen LogP contribution < -0.4 is 0 Å². The van der Waals surface area contributed by atoms with Crippen LogP contribution in [0.2, 0.25) is 0 Å². The third-order valence-corrected chi connectivity index (χ3v) is 5.00. The lowest BCUT2D eigenvalue weighted by Crippen LogP contribution is -2.66. The topological polar surface area (TPSA) is 73.8 Å². The normalized spacial score (nSPS) is 21.4. The van der Waals surface area contributed by atoms with Crippen molar-refractivity contribution in [2.24, 2.45) is 0 Å². The molecule has 122 valence electrons. The van der Waals surface area contributed by atoms with Crippen molar-refractivity contribution in [3.8, 4) is 0 Å². The maximum atomic E-state index is 12.4. The SMILES string of the molecule is CN1CC(=O)N2CCN(C(=O)CSc3ccccn3)C[C@@H]2C1=O. The molecule has 1 aromatic rings. The van der Waals surface area contributed by atoms with Gasteiger partial charge in [-0.25, -0.2) is 4.98 Å². The summed E-state index contributed by atoms with van der Waals surface area (Å²) in [5.41, 5.74) is 0. The molecule has 23 heavy (non-hydrogen) atoms. The number of amides is 3. The van der Waals surface area contributed by atoms with Crippen LogP contribution >= 0.6 is 11.8 Å². The largest absolute Gasteiger partial charge is 0.338 e. The summed E-state index contributed by atoms with van der Waals surface area (Å²) in [6.45, 7) is 1.29. The van der Waals surface area contributed by atoms with Crippen LogP contribution in [0.1, 0.15) is 0 Å². The number of piperazine rings is 2. The van der Waals surface area contributed by atoms with Crippen molar-refractivity contribution >= 4 is 29.5 Å². The van der Waals surface area contributed by atoms with Crippen LogP contribution in [-0.4, -0.2) is 82.4 Å². The van der Waals surface area contributed by atoms with Gasteiger partial charge in [0.2, 0.25) is 17.7 Å². The molecule has 7 nitrogen and oxygen atoms in total. The summed E-state index contributed by atoms with van der Waals surface area (Å²) in [4.78, 5) is 45.4. The standard InChI is InChI=1S/C15H18N4O3S/c1-17-9-13(20)19-7-6-18(8-11(19)15(17)22)14(21)10-23-12-4-2-3-5-16-12/h2-5,11H,6-10H2,1H3/t11-/m1/s1. The Balaban J connectivity index is 1.60. The lowest BCUT2D eigenvalue weighted by molar-refractivity contribution is -0.160. The average molecular weight is 334 g/mol. The Morgan fingerprint density at radius 1 is 1.35 bits per heavy atom. The van der Waals surface area contributed by atoms with Gasteiger partial charge in [-0.1, -0.05) is 17.8 Å². The van der Waals surface area contributed by atoms with Crippen LogP contribution in [0.4, 0.5) is 0 Å². The number of pyridine rings is 1. The van der Waals surface area contributed by atoms with Gasteiger partial charge in [-0.05, 0) is 12.1 Å². The van der Waals surface area contributed by atoms with Crippen LogP contribution in [-0.2, 0) is 14.4 Å². The summed E-state index contributed by atoms with van der Waals surface area (Å²) in [7, 11) is 1.62. The van der Waals surface area contributed by atoms with Crippen LogP contribution in [0, 0.1) is 0 Å². The van der Waals surface area contributed by atoms with Crippen LogP contribution in [0.25, 0.3) is 0 Å². The minimum atomic E-state index is -0.543. The quantitative estimate of drug-likeness (QED) is 0.709. The molecular formula is C15H18N4O3S. The van der Waals surface area contributed by atoms with Gasteiger partial charge in [-0.15, -0.1) is 0 Å². The smallest absolute Gasteiger partial charge is 0.247 e. The van der Waals surface area contributed by atoms with Crippen LogP contribution in [0.15, 0.2) is 29.4 Å². The van der Waals surface area contributed by atoms with Crippen molar-refractivity contribution in [3.63, 3.8) is 0 Å². The predicted molar refractivity (Wildman–Crippen MR) is 84.7 cm³/mol. The molecule has 0 aliphatic carbocycles. The number of fused-ring (bicyclic) bond motifs is 1. The number of likely N-dealkylation sites (N-methyl/N-ethyl adjacent to an activating group) is 1. The first-order valence-corrected chi connectivity index (χ1v) is 8.41. The van der Waals surface area contributed by atoms with Gasteiger partial charge in [0.1, 0.15) is 6.04 Å². The minimum absolute atomic E-state index is 0.0335. The maximum absolute atomic E-state index is 12.4. The van der Waals surface area contributed by atoms with Crippen molar-refractivity contribution < 1.29 is 14.4 Å². The fourth-order valence-electron chi connectivity index (χ4n) is 2.80. The van der Waals surface area contributed by atoms with Crippen molar-refractivity contribution in [1.82, 2.24) is 19.7 Å². The summed E-state index contributed by atoms with van der Waals surface area (Å²) in [5, 5.41) is 0.795. The molecule has 3 amide bonds. The summed E-state index contributed by atoms with van der Waals surface area (Å²) < 4.78 is 0. The van der Waals surface area contributed by atoms with Gasteiger partial charge in [-0.2, -0.15) is 0 Å². The van der Waals surface area contributed by atoms with Crippen LogP contribution in [0.5, 0.6) is 0 Å². The molecule has 8 heteroatoms. The number of carbonyl (C=O) groups excluding carboxylic acids is 3. The Morgan fingerprint density at radius 3 is 2.91 bits per heavy atom. The number of carbonyl (C=O) groups is 3. The molecule has 1 aromatic heterocycles. The van der Waals surface area contributed by atoms with Gasteiger partial charge in [0.25, 0.3) is 0 Å². The molecule has 0 radical (unpaired) electrons. The molecular weight excluding hydrogens is 316 g/mol. The Kier molecular flexibility index (Phi) is 4.51. The van der Waals surface area contributed by atoms with Gasteiger partial charge in [-0.3, -0.25) is 14.4 Å². The Hall–Kier alpha value is -2.09. The summed E-state index contributed by atoms with van der Waals surface area (Å²) >= 11 is 1.38. The third kappa shape index (κ3) is 3.31. The molecule has 2 aliphatic heterocycles. The number of thioether (sulfide) groups is 1. The van der Waals surface area contributed by atoms with E-state index in [1.165, 1.54) is 16.7 Å². The summed E-state index contributed by atoms with van der Waals surface area (Å²) in [5.74, 6) is 0.0992. The number of hydrogen-bond donors (Lipinski definition) is 0. The van der Waals surface area contributed by atoms with E-state index < -0.39 is 6.04 Å². The van der Waals surface area contributed by atoms with E-state index in [-0.39, 0.29) is 36.6 Å². The van der Waals surface area contributed by atoms with E-state index in [2.05, 4.69) is 4.98 Å². The number of nitrogens with zero attached hydrogens (tertiary/aromatic N) is 4. The highest BCUT2D eigenvalue weighted by molar-refractivity contribution is 7.99. The molecule has 0 aromatic carbocycles. The van der Waals surface area contributed by atoms with E-state index in [1.54, 1.807) is 23.0 Å². The first-order valence-electron chi connectivity index (χ1n) is 7.42. The minimum Gasteiger partial charge on any atom is -0.338 e. The number of hydrogen-bond acceptors (Lipinski definition) is 5. The lowest BCUT2D eigenvalue weighted by Gasteiger charge is -2.45. The predicted octanol–water partition coefficient (Wildman–Crippen LogP) is -0.315. The second kappa shape index (κ2) is 6.57. The van der Waals surface area contributed by atoms with Crippen molar-refractivity contribution in [1.29, 1.82) is 0 Å². The Morgan fingerprint density at radius 2 is 2.17 bits per heavy atom. The molecule has 0 spiro atoms. The van der Waals surface area contributed by atoms with Gasteiger partial charge in [0.05, 0.1) is 23.9 Å². The second-order valence-electron chi connectivity index (χ2n) is 5.59.